The van der Waals surface area contributed by atoms with Crippen molar-refractivity contribution in [1.29, 1.82) is 0 Å². The number of nitrogens with zero attached hydrogens (tertiary/aromatic N) is 1. The van der Waals surface area contributed by atoms with Gasteiger partial charge >= 0.3 is 31.8 Å². The highest BCUT2D eigenvalue weighted by Crippen LogP contribution is 2.39. The summed E-state index contributed by atoms with van der Waals surface area (Å²) in [6.45, 7) is 5.25. The highest BCUT2D eigenvalue weighted by atomic mass is 35.5. The summed E-state index contributed by atoms with van der Waals surface area (Å²) in [7, 11) is -2.80. The number of aliphatic carboxylic acids is 1. The monoisotopic (exact) mass is 829 g/mol. The van der Waals surface area contributed by atoms with Gasteiger partial charge in [0.25, 0.3) is 5.91 Å². The third-order valence-electron chi connectivity index (χ3n) is 7.44. The first-order valence-corrected chi connectivity index (χ1v) is 19.3. The molecule has 20 heteroatoms. The van der Waals surface area contributed by atoms with Crippen LogP contribution in [0, 0.1) is 0 Å². The summed E-state index contributed by atoms with van der Waals surface area (Å²) < 4.78 is 45.7. The van der Waals surface area contributed by atoms with Gasteiger partial charge in [0.2, 0.25) is 0 Å². The molecule has 0 bridgehead atoms. The smallest absolute Gasteiger partial charge is 0.417 e. The molecule has 1 aromatic heterocycles. The number of alkyl carbamates (subject to hydrolysis) is 1. The fraction of sp³-hybridized carbons (Fsp3) is 0.297. The predicted molar refractivity (Wildman–Crippen MR) is 207 cm³/mol. The minimum atomic E-state index is -4.13. The normalized spacial score (nSPS) is 13.1. The second-order valence-corrected chi connectivity index (χ2v) is 14.6. The van der Waals surface area contributed by atoms with Crippen LogP contribution in [0.2, 0.25) is 5.02 Å². The van der Waals surface area contributed by atoms with Gasteiger partial charge in [0, 0.05) is 30.1 Å². The van der Waals surface area contributed by atoms with E-state index in [1.54, 1.807) is 56.3 Å². The topological polar surface area (TPSA) is 239 Å². The zero-order valence-electron chi connectivity index (χ0n) is 31.4. The number of hydrogen-bond donors (Lipinski definition) is 5. The average molecular weight is 830 g/mol. The lowest BCUT2D eigenvalue weighted by molar-refractivity contribution is -0.149. The van der Waals surface area contributed by atoms with Crippen LogP contribution < -0.4 is 35.0 Å². The molecule has 5 N–H and O–H groups in total. The van der Waals surface area contributed by atoms with Crippen LogP contribution in [0.4, 0.5) is 15.3 Å². The lowest BCUT2D eigenvalue weighted by Gasteiger charge is -2.25. The van der Waals surface area contributed by atoms with E-state index in [2.05, 4.69) is 25.8 Å². The van der Waals surface area contributed by atoms with E-state index < -0.39 is 55.9 Å². The van der Waals surface area contributed by atoms with Crippen LogP contribution in [0.15, 0.2) is 72.9 Å². The molecule has 0 aliphatic carbocycles. The number of anilines is 1. The Morgan fingerprint density at radius 3 is 2.25 bits per heavy atom. The summed E-state index contributed by atoms with van der Waals surface area (Å²) in [5, 5.41) is 19.3. The van der Waals surface area contributed by atoms with Crippen LogP contribution in [0.1, 0.15) is 44.5 Å². The molecular formula is C37H41ClN5O13P. The summed E-state index contributed by atoms with van der Waals surface area (Å²) in [5.41, 5.74) is 0.595. The first kappa shape index (κ1) is 43.9. The second-order valence-electron chi connectivity index (χ2n) is 12.3. The van der Waals surface area contributed by atoms with Crippen molar-refractivity contribution in [3.8, 4) is 23.0 Å². The molecule has 0 saturated carbocycles. The third kappa shape index (κ3) is 13.2. The van der Waals surface area contributed by atoms with Gasteiger partial charge in [-0.05, 0) is 64.1 Å². The van der Waals surface area contributed by atoms with Gasteiger partial charge in [0.05, 0.1) is 48.2 Å². The molecule has 0 spiro atoms. The largest absolute Gasteiger partial charge is 0.496 e. The van der Waals surface area contributed by atoms with Crippen molar-refractivity contribution in [2.24, 2.45) is 0 Å². The number of nitrogens with one attached hydrogen (secondary N) is 4. The number of esters is 1. The van der Waals surface area contributed by atoms with E-state index in [1.165, 1.54) is 51.4 Å². The summed E-state index contributed by atoms with van der Waals surface area (Å²) in [6.07, 6.45) is -0.872. The predicted octanol–water partition coefficient (Wildman–Crippen LogP) is 6.67. The Hall–Kier alpha value is -5.78. The van der Waals surface area contributed by atoms with E-state index in [-0.39, 0.29) is 53.2 Å². The van der Waals surface area contributed by atoms with Crippen molar-refractivity contribution < 1.29 is 61.9 Å². The van der Waals surface area contributed by atoms with E-state index in [1.807, 2.05) is 0 Å². The van der Waals surface area contributed by atoms with E-state index in [0.29, 0.717) is 16.7 Å². The Kier molecular flexibility index (Phi) is 15.7. The zero-order valence-corrected chi connectivity index (χ0v) is 33.1. The van der Waals surface area contributed by atoms with Gasteiger partial charge in [-0.1, -0.05) is 29.8 Å². The Morgan fingerprint density at radius 1 is 0.860 bits per heavy atom. The van der Waals surface area contributed by atoms with Crippen molar-refractivity contribution in [2.75, 3.05) is 25.6 Å². The van der Waals surface area contributed by atoms with Crippen molar-refractivity contribution in [1.82, 2.24) is 20.5 Å². The molecule has 304 valence electrons. The van der Waals surface area contributed by atoms with Crippen LogP contribution in [0.5, 0.6) is 23.0 Å². The molecule has 0 aliphatic rings. The number of ether oxygens (including phenoxy) is 5. The first-order valence-electron chi connectivity index (χ1n) is 17.3. The molecule has 57 heavy (non-hydrogen) atoms. The minimum absolute atomic E-state index is 0.0360. The highest BCUT2D eigenvalue weighted by molar-refractivity contribution is 7.54. The zero-order chi connectivity index (χ0) is 41.7. The van der Waals surface area contributed by atoms with E-state index >= 15 is 0 Å². The van der Waals surface area contributed by atoms with Crippen molar-refractivity contribution in [3.05, 3.63) is 83.5 Å². The number of pyridine rings is 1. The number of para-hydroxylation sites is 1. The summed E-state index contributed by atoms with van der Waals surface area (Å²) in [4.78, 5) is 66.1. The molecule has 3 amide bonds. The van der Waals surface area contributed by atoms with Crippen molar-refractivity contribution in [2.45, 2.75) is 52.3 Å². The molecular weight excluding hydrogens is 789 g/mol. The lowest BCUT2D eigenvalue weighted by atomic mass is 10.1. The molecule has 1 heterocycles. The van der Waals surface area contributed by atoms with Crippen LogP contribution >= 0.6 is 19.3 Å². The number of rotatable bonds is 18. The third-order valence-corrected chi connectivity index (χ3v) is 9.75. The van der Waals surface area contributed by atoms with Gasteiger partial charge in [0.15, 0.2) is 0 Å². The summed E-state index contributed by atoms with van der Waals surface area (Å²) >= 11 is 6.42. The first-order chi connectivity index (χ1) is 27.1. The van der Waals surface area contributed by atoms with Gasteiger partial charge in [-0.2, -0.15) is 0 Å². The average Bonchev–Trinajstić information content (AvgIpc) is 3.15. The fourth-order valence-corrected chi connectivity index (χ4v) is 6.84. The number of halogens is 1. The number of fused-ring (bicyclic) bond motifs is 1. The minimum Gasteiger partial charge on any atom is -0.496 e. The lowest BCUT2D eigenvalue weighted by Crippen LogP contribution is -2.42. The van der Waals surface area contributed by atoms with Crippen LogP contribution in [-0.4, -0.2) is 78.6 Å². The number of amides is 3. The number of benzene rings is 3. The molecule has 4 aromatic rings. The fourth-order valence-electron chi connectivity index (χ4n) is 4.78. The van der Waals surface area contributed by atoms with Gasteiger partial charge < -0.3 is 33.3 Å². The van der Waals surface area contributed by atoms with Gasteiger partial charge in [0.1, 0.15) is 35.1 Å². The van der Waals surface area contributed by atoms with E-state index in [9.17, 15) is 33.6 Å². The number of carbonyl (C=O) groups excluding carboxylic acids is 4. The molecule has 3 aromatic carbocycles. The summed E-state index contributed by atoms with van der Waals surface area (Å²) in [6, 6.07) is 15.0. The van der Waals surface area contributed by atoms with Gasteiger partial charge in [-0.15, -0.1) is 0 Å². The number of hydrogen-bond acceptors (Lipinski definition) is 13. The number of aromatic nitrogens is 1. The van der Waals surface area contributed by atoms with E-state index in [0.717, 1.165) is 0 Å². The molecule has 3 unspecified atom stereocenters. The highest BCUT2D eigenvalue weighted by Gasteiger charge is 2.33. The molecule has 0 fully saturated rings. The molecule has 18 nitrogen and oxygen atoms in total. The number of imide groups is 1. The van der Waals surface area contributed by atoms with Crippen LogP contribution in [0.3, 0.4) is 0 Å². The number of carbonyl (C=O) groups is 5. The van der Waals surface area contributed by atoms with Crippen LogP contribution in [-0.2, 0) is 28.2 Å². The number of methoxy groups -OCH3 is 1. The molecule has 3 atom stereocenters. The maximum atomic E-state index is 13.4. The van der Waals surface area contributed by atoms with Crippen molar-refractivity contribution in [3.63, 3.8) is 0 Å². The standard InChI is InChI=1S/C37H41ClN5O13P/c1-21(2)54-35(47)23(4)43-57(50,42-22(3)34(45)46)53-17-9-16-52-36(48)41-33(44)27-19-26-30(20-32(27)51-5)39-15-14-31(26)55-25-12-13-29(28(38)18-25)40-37(49)56-24-10-7-6-8-11-24/h6-8,10-15,18-23H,9,16-17H2,1-5H3,(H,40,49)(H,45,46)(H,41,44,48)(H2,42,43,50). The quantitative estimate of drug-likeness (QED) is 0.0399. The SMILES string of the molecule is COc1cc2nccc(Oc3ccc(NC(=O)Oc4ccccc4)c(Cl)c3)c2cc1C(=O)NC(=O)OCCCOP(=O)(NC(C)C(=O)O)NC(C)C(=O)OC(C)C. The Labute approximate surface area is 332 Å². The van der Waals surface area contributed by atoms with Crippen molar-refractivity contribution >= 4 is 65.9 Å². The molecule has 0 saturated heterocycles. The number of carboxylic acids is 1. The van der Waals surface area contributed by atoms with Gasteiger partial charge in [-0.25, -0.2) is 19.8 Å². The molecule has 0 radical (unpaired) electrons. The Balaban J connectivity index is 1.37. The second kappa shape index (κ2) is 20.4. The maximum Gasteiger partial charge on any atom is 0.417 e. The number of carboxylic acid groups (broad SMARTS) is 1. The maximum absolute atomic E-state index is 13.4. The van der Waals surface area contributed by atoms with E-state index in [4.69, 9.17) is 39.8 Å². The van der Waals surface area contributed by atoms with Crippen LogP contribution in [0.25, 0.3) is 10.9 Å². The molecule has 0 aliphatic heterocycles. The Morgan fingerprint density at radius 2 is 1.58 bits per heavy atom. The van der Waals surface area contributed by atoms with Gasteiger partial charge in [-0.3, -0.25) is 34.6 Å². The summed E-state index contributed by atoms with van der Waals surface area (Å²) in [5.74, 6) is -1.95. The Bertz CT molecular complexity index is 2140. The molecule has 4 rings (SSSR count).